The molecule has 112 valence electrons. The molecule has 0 fully saturated rings. The number of rotatable bonds is 3. The molecule has 1 aromatic carbocycles. The number of anilines is 1. The van der Waals surface area contributed by atoms with E-state index in [1.165, 1.54) is 0 Å². The number of nitrogens with one attached hydrogen (secondary N) is 1. The van der Waals surface area contributed by atoms with Crippen LogP contribution < -0.4 is 5.32 Å². The van der Waals surface area contributed by atoms with Crippen LogP contribution in [-0.4, -0.2) is 9.97 Å². The highest BCUT2D eigenvalue weighted by atomic mass is 35.5. The van der Waals surface area contributed by atoms with Crippen LogP contribution >= 0.6 is 11.6 Å². The summed E-state index contributed by atoms with van der Waals surface area (Å²) in [6.45, 7) is 6.01. The van der Waals surface area contributed by atoms with Crippen molar-refractivity contribution in [3.63, 3.8) is 0 Å². The first-order valence-corrected chi connectivity index (χ1v) is 6.86. The summed E-state index contributed by atoms with van der Waals surface area (Å²) in [7, 11) is 0. The molecule has 1 N–H and O–H groups in total. The number of hydrogen-bond acceptors (Lipinski definition) is 3. The van der Waals surface area contributed by atoms with Crippen LogP contribution in [0.5, 0.6) is 0 Å². The number of benzene rings is 1. The van der Waals surface area contributed by atoms with Gasteiger partial charge in [0.25, 0.3) is 0 Å². The Morgan fingerprint density at radius 3 is 2.52 bits per heavy atom. The van der Waals surface area contributed by atoms with Crippen LogP contribution in [0.1, 0.15) is 32.2 Å². The fourth-order valence-electron chi connectivity index (χ4n) is 1.71. The first kappa shape index (κ1) is 15.6. The first-order valence-electron chi connectivity index (χ1n) is 6.48. The molecule has 0 aliphatic rings. The van der Waals surface area contributed by atoms with E-state index in [9.17, 15) is 8.78 Å². The van der Waals surface area contributed by atoms with Crippen molar-refractivity contribution < 1.29 is 8.78 Å². The molecule has 0 spiro atoms. The summed E-state index contributed by atoms with van der Waals surface area (Å²) in [4.78, 5) is 8.52. The average Bonchev–Trinajstić information content (AvgIpc) is 2.38. The summed E-state index contributed by atoms with van der Waals surface area (Å²) >= 11 is 5.97. The van der Waals surface area contributed by atoms with E-state index in [0.717, 1.165) is 18.2 Å². The standard InChI is InChI=1S/C15H16ClF2N3/c1-15(2,3)14-20-12(16)7-13(21-14)19-8-9-6-10(17)4-5-11(9)18/h4-7H,8H2,1-3H3,(H,19,20,21). The smallest absolute Gasteiger partial charge is 0.137 e. The summed E-state index contributed by atoms with van der Waals surface area (Å²) in [5.41, 5.74) is -0.0344. The van der Waals surface area contributed by atoms with Crippen LogP contribution in [0.25, 0.3) is 0 Å². The molecule has 2 rings (SSSR count). The van der Waals surface area contributed by atoms with Gasteiger partial charge in [0.1, 0.15) is 28.4 Å². The third kappa shape index (κ3) is 4.11. The van der Waals surface area contributed by atoms with Gasteiger partial charge in [0, 0.05) is 23.6 Å². The third-order valence-corrected chi connectivity index (χ3v) is 3.03. The van der Waals surface area contributed by atoms with Crippen LogP contribution in [0.4, 0.5) is 14.6 Å². The van der Waals surface area contributed by atoms with E-state index in [4.69, 9.17) is 11.6 Å². The molecule has 1 aromatic heterocycles. The molecule has 0 amide bonds. The van der Waals surface area contributed by atoms with Crippen molar-refractivity contribution in [2.24, 2.45) is 0 Å². The lowest BCUT2D eigenvalue weighted by atomic mass is 9.96. The summed E-state index contributed by atoms with van der Waals surface area (Å²) in [5.74, 6) is 0.102. The van der Waals surface area contributed by atoms with Crippen LogP contribution in [-0.2, 0) is 12.0 Å². The fraction of sp³-hybridized carbons (Fsp3) is 0.333. The minimum absolute atomic E-state index is 0.112. The van der Waals surface area contributed by atoms with E-state index >= 15 is 0 Å². The second-order valence-electron chi connectivity index (χ2n) is 5.74. The fourth-order valence-corrected chi connectivity index (χ4v) is 1.89. The van der Waals surface area contributed by atoms with Gasteiger partial charge in [-0.1, -0.05) is 32.4 Å². The maximum atomic E-state index is 13.6. The third-order valence-electron chi connectivity index (χ3n) is 2.83. The maximum Gasteiger partial charge on any atom is 0.137 e. The molecular formula is C15H16ClF2N3. The molecule has 0 saturated heterocycles. The summed E-state index contributed by atoms with van der Waals surface area (Å²) in [6.07, 6.45) is 0. The minimum Gasteiger partial charge on any atom is -0.366 e. The second-order valence-corrected chi connectivity index (χ2v) is 6.13. The Morgan fingerprint density at radius 2 is 1.86 bits per heavy atom. The predicted octanol–water partition coefficient (Wildman–Crippen LogP) is 4.32. The Labute approximate surface area is 127 Å². The number of hydrogen-bond donors (Lipinski definition) is 1. The topological polar surface area (TPSA) is 37.8 Å². The number of aromatic nitrogens is 2. The van der Waals surface area contributed by atoms with Crippen LogP contribution in [0.3, 0.4) is 0 Å². The summed E-state index contributed by atoms with van der Waals surface area (Å²) in [5, 5.41) is 3.24. The highest BCUT2D eigenvalue weighted by Gasteiger charge is 2.18. The molecule has 3 nitrogen and oxygen atoms in total. The quantitative estimate of drug-likeness (QED) is 0.858. The van der Waals surface area contributed by atoms with E-state index in [1.807, 2.05) is 20.8 Å². The molecule has 2 aromatic rings. The summed E-state index contributed by atoms with van der Waals surface area (Å²) in [6, 6.07) is 4.88. The lowest BCUT2D eigenvalue weighted by molar-refractivity contribution is 0.545. The van der Waals surface area contributed by atoms with Gasteiger partial charge in [-0.2, -0.15) is 0 Å². The average molecular weight is 312 g/mol. The molecule has 0 bridgehead atoms. The van der Waals surface area contributed by atoms with E-state index in [1.54, 1.807) is 6.07 Å². The minimum atomic E-state index is -0.482. The Kier molecular flexibility index (Phi) is 4.42. The predicted molar refractivity (Wildman–Crippen MR) is 79.4 cm³/mol. The van der Waals surface area contributed by atoms with Gasteiger partial charge in [0.05, 0.1) is 0 Å². The SMILES string of the molecule is CC(C)(C)c1nc(Cl)cc(NCc2cc(F)ccc2F)n1. The zero-order chi connectivity index (χ0) is 15.6. The monoisotopic (exact) mass is 311 g/mol. The Hall–Kier alpha value is -1.75. The van der Waals surface area contributed by atoms with E-state index < -0.39 is 11.6 Å². The molecular weight excluding hydrogens is 296 g/mol. The molecule has 6 heteroatoms. The van der Waals surface area contributed by atoms with Crippen molar-refractivity contribution in [1.29, 1.82) is 0 Å². The molecule has 0 unspecified atom stereocenters. The molecule has 0 saturated carbocycles. The largest absolute Gasteiger partial charge is 0.366 e. The lowest BCUT2D eigenvalue weighted by Crippen LogP contribution is -2.17. The lowest BCUT2D eigenvalue weighted by Gasteiger charge is -2.18. The van der Waals surface area contributed by atoms with Crippen molar-refractivity contribution in [3.05, 3.63) is 52.4 Å². The molecule has 0 radical (unpaired) electrons. The maximum absolute atomic E-state index is 13.6. The Balaban J connectivity index is 2.20. The number of nitrogens with zero attached hydrogens (tertiary/aromatic N) is 2. The van der Waals surface area contributed by atoms with E-state index in [2.05, 4.69) is 15.3 Å². The van der Waals surface area contributed by atoms with Crippen molar-refractivity contribution >= 4 is 17.4 Å². The molecule has 1 heterocycles. The molecule has 21 heavy (non-hydrogen) atoms. The van der Waals surface area contributed by atoms with Crippen molar-refractivity contribution in [2.75, 3.05) is 5.32 Å². The van der Waals surface area contributed by atoms with Gasteiger partial charge < -0.3 is 5.32 Å². The molecule has 0 aliphatic carbocycles. The van der Waals surface area contributed by atoms with E-state index in [0.29, 0.717) is 16.8 Å². The molecule has 0 atom stereocenters. The zero-order valence-corrected chi connectivity index (χ0v) is 12.8. The summed E-state index contributed by atoms with van der Waals surface area (Å²) < 4.78 is 26.7. The van der Waals surface area contributed by atoms with Crippen molar-refractivity contribution in [2.45, 2.75) is 32.7 Å². The highest BCUT2D eigenvalue weighted by molar-refractivity contribution is 6.29. The number of halogens is 3. The second kappa shape index (κ2) is 5.93. The van der Waals surface area contributed by atoms with Crippen molar-refractivity contribution in [3.8, 4) is 0 Å². The van der Waals surface area contributed by atoms with Crippen LogP contribution in [0.15, 0.2) is 24.3 Å². The van der Waals surface area contributed by atoms with E-state index in [-0.39, 0.29) is 17.5 Å². The van der Waals surface area contributed by atoms with Gasteiger partial charge >= 0.3 is 0 Å². The Bertz CT molecular complexity index is 654. The van der Waals surface area contributed by atoms with Crippen LogP contribution in [0, 0.1) is 11.6 Å². The van der Waals surface area contributed by atoms with Gasteiger partial charge in [-0.25, -0.2) is 18.7 Å². The normalized spacial score (nSPS) is 11.5. The highest BCUT2D eigenvalue weighted by Crippen LogP contribution is 2.22. The van der Waals surface area contributed by atoms with Gasteiger partial charge in [-0.3, -0.25) is 0 Å². The Morgan fingerprint density at radius 1 is 1.14 bits per heavy atom. The van der Waals surface area contributed by atoms with Gasteiger partial charge in [-0.15, -0.1) is 0 Å². The van der Waals surface area contributed by atoms with Gasteiger partial charge in [0.15, 0.2) is 0 Å². The zero-order valence-electron chi connectivity index (χ0n) is 12.0. The van der Waals surface area contributed by atoms with Gasteiger partial charge in [0.2, 0.25) is 0 Å². The molecule has 0 aliphatic heterocycles. The van der Waals surface area contributed by atoms with Crippen LogP contribution in [0.2, 0.25) is 5.15 Å². The first-order chi connectivity index (χ1) is 9.75. The van der Waals surface area contributed by atoms with Crippen molar-refractivity contribution in [1.82, 2.24) is 9.97 Å². The van der Waals surface area contributed by atoms with Gasteiger partial charge in [-0.05, 0) is 18.2 Å².